The van der Waals surface area contributed by atoms with E-state index in [1.165, 1.54) is 11.3 Å². The van der Waals surface area contributed by atoms with Crippen LogP contribution in [0.3, 0.4) is 0 Å². The number of nitrogens with one attached hydrogen (secondary N) is 1. The SMILES string of the molecule is CCOCCCNC(=O)c1ccc2onc(-c3csc(-c4ccc(OC)cc4)n3)c2c1. The van der Waals surface area contributed by atoms with Crippen LogP contribution in [0.1, 0.15) is 23.7 Å². The number of aromatic nitrogens is 2. The summed E-state index contributed by atoms with van der Waals surface area (Å²) < 4.78 is 16.0. The van der Waals surface area contributed by atoms with Gasteiger partial charge >= 0.3 is 0 Å². The van der Waals surface area contributed by atoms with Crippen LogP contribution in [0.5, 0.6) is 5.75 Å². The molecule has 0 fully saturated rings. The zero-order valence-electron chi connectivity index (χ0n) is 17.4. The van der Waals surface area contributed by atoms with Crippen molar-refractivity contribution in [2.24, 2.45) is 0 Å². The molecule has 0 aliphatic carbocycles. The molecule has 31 heavy (non-hydrogen) atoms. The predicted molar refractivity (Wildman–Crippen MR) is 121 cm³/mol. The summed E-state index contributed by atoms with van der Waals surface area (Å²) in [6.07, 6.45) is 0.771. The van der Waals surface area contributed by atoms with Crippen molar-refractivity contribution < 1.29 is 18.8 Å². The Bertz CT molecular complexity index is 1170. The van der Waals surface area contributed by atoms with Crippen LogP contribution in [0.25, 0.3) is 32.9 Å². The van der Waals surface area contributed by atoms with Crippen LogP contribution in [0.4, 0.5) is 0 Å². The lowest BCUT2D eigenvalue weighted by Crippen LogP contribution is -2.25. The molecular formula is C23H23N3O4S. The van der Waals surface area contributed by atoms with Gasteiger partial charge in [-0.15, -0.1) is 11.3 Å². The van der Waals surface area contributed by atoms with Crippen LogP contribution in [-0.4, -0.2) is 42.9 Å². The fourth-order valence-electron chi connectivity index (χ4n) is 3.14. The summed E-state index contributed by atoms with van der Waals surface area (Å²) in [5.74, 6) is 0.662. The fraction of sp³-hybridized carbons (Fsp3) is 0.261. The van der Waals surface area contributed by atoms with Crippen molar-refractivity contribution in [2.75, 3.05) is 26.9 Å². The Morgan fingerprint density at radius 2 is 2.03 bits per heavy atom. The highest BCUT2D eigenvalue weighted by molar-refractivity contribution is 7.13. The van der Waals surface area contributed by atoms with E-state index in [0.29, 0.717) is 42.3 Å². The van der Waals surface area contributed by atoms with Crippen molar-refractivity contribution in [3.63, 3.8) is 0 Å². The second kappa shape index (κ2) is 9.72. The molecule has 4 rings (SSSR count). The summed E-state index contributed by atoms with van der Waals surface area (Å²) in [6, 6.07) is 13.0. The minimum absolute atomic E-state index is 0.136. The van der Waals surface area contributed by atoms with Gasteiger partial charge in [0, 0.05) is 36.3 Å². The third kappa shape index (κ3) is 4.76. The highest BCUT2D eigenvalue weighted by Crippen LogP contribution is 2.33. The molecule has 160 valence electrons. The number of fused-ring (bicyclic) bond motifs is 1. The monoisotopic (exact) mass is 437 g/mol. The van der Waals surface area contributed by atoms with Crippen molar-refractivity contribution in [3.8, 4) is 27.7 Å². The topological polar surface area (TPSA) is 86.5 Å². The van der Waals surface area contributed by atoms with Gasteiger partial charge in [0.15, 0.2) is 5.58 Å². The molecule has 1 amide bonds. The largest absolute Gasteiger partial charge is 0.497 e. The third-order valence-corrected chi connectivity index (χ3v) is 5.66. The van der Waals surface area contributed by atoms with Crippen molar-refractivity contribution >= 4 is 28.2 Å². The Kier molecular flexibility index (Phi) is 6.59. The van der Waals surface area contributed by atoms with Crippen molar-refractivity contribution in [3.05, 3.63) is 53.4 Å². The summed E-state index contributed by atoms with van der Waals surface area (Å²) in [5, 5.41) is 10.7. The van der Waals surface area contributed by atoms with E-state index in [0.717, 1.165) is 28.1 Å². The van der Waals surface area contributed by atoms with E-state index >= 15 is 0 Å². The molecule has 7 nitrogen and oxygen atoms in total. The molecule has 0 unspecified atom stereocenters. The summed E-state index contributed by atoms with van der Waals surface area (Å²) in [7, 11) is 1.64. The molecule has 4 aromatic rings. The van der Waals surface area contributed by atoms with Gasteiger partial charge in [-0.3, -0.25) is 4.79 Å². The quantitative estimate of drug-likeness (QED) is 0.379. The van der Waals surface area contributed by atoms with E-state index in [2.05, 4.69) is 10.5 Å². The van der Waals surface area contributed by atoms with Gasteiger partial charge in [0.25, 0.3) is 5.91 Å². The van der Waals surface area contributed by atoms with Gasteiger partial charge in [0.05, 0.1) is 12.5 Å². The van der Waals surface area contributed by atoms with Crippen LogP contribution in [0, 0.1) is 0 Å². The first-order valence-electron chi connectivity index (χ1n) is 10.0. The Morgan fingerprint density at radius 1 is 1.19 bits per heavy atom. The van der Waals surface area contributed by atoms with Gasteiger partial charge < -0.3 is 19.3 Å². The van der Waals surface area contributed by atoms with Gasteiger partial charge in [0.2, 0.25) is 0 Å². The lowest BCUT2D eigenvalue weighted by Gasteiger charge is -2.05. The van der Waals surface area contributed by atoms with Crippen LogP contribution in [-0.2, 0) is 4.74 Å². The summed E-state index contributed by atoms with van der Waals surface area (Å²) >= 11 is 1.53. The highest BCUT2D eigenvalue weighted by Gasteiger charge is 2.16. The lowest BCUT2D eigenvalue weighted by atomic mass is 10.1. The number of hydrogen-bond donors (Lipinski definition) is 1. The molecule has 8 heteroatoms. The maximum Gasteiger partial charge on any atom is 0.251 e. The molecule has 2 aromatic heterocycles. The van der Waals surface area contributed by atoms with E-state index in [4.69, 9.17) is 19.0 Å². The molecule has 0 spiro atoms. The Balaban J connectivity index is 1.54. The Morgan fingerprint density at radius 3 is 2.81 bits per heavy atom. The Labute approximate surface area is 184 Å². The van der Waals surface area contributed by atoms with Gasteiger partial charge in [-0.25, -0.2) is 4.98 Å². The number of carbonyl (C=O) groups is 1. The van der Waals surface area contributed by atoms with Crippen molar-refractivity contribution in [1.29, 1.82) is 0 Å². The first kappa shape index (κ1) is 21.0. The molecule has 0 saturated carbocycles. The molecule has 0 radical (unpaired) electrons. The second-order valence-electron chi connectivity index (χ2n) is 6.81. The molecule has 0 aliphatic heterocycles. The predicted octanol–water partition coefficient (Wildman–Crippen LogP) is 4.78. The van der Waals surface area contributed by atoms with Crippen LogP contribution < -0.4 is 10.1 Å². The molecular weight excluding hydrogens is 414 g/mol. The van der Waals surface area contributed by atoms with Gasteiger partial charge in [0.1, 0.15) is 22.1 Å². The first-order valence-corrected chi connectivity index (χ1v) is 10.9. The summed E-state index contributed by atoms with van der Waals surface area (Å²) in [5.41, 5.74) is 3.50. The van der Waals surface area contributed by atoms with E-state index < -0.39 is 0 Å². The third-order valence-electron chi connectivity index (χ3n) is 4.77. The number of rotatable bonds is 9. The van der Waals surface area contributed by atoms with Crippen LogP contribution >= 0.6 is 11.3 Å². The highest BCUT2D eigenvalue weighted by atomic mass is 32.1. The van der Waals surface area contributed by atoms with Crippen LogP contribution in [0.15, 0.2) is 52.4 Å². The number of amides is 1. The second-order valence-corrected chi connectivity index (χ2v) is 7.67. The average Bonchev–Trinajstić information content (AvgIpc) is 3.45. The number of methoxy groups -OCH3 is 1. The summed E-state index contributed by atoms with van der Waals surface area (Å²) in [4.78, 5) is 17.2. The number of carbonyl (C=O) groups excluding carboxylic acids is 1. The molecule has 0 saturated heterocycles. The lowest BCUT2D eigenvalue weighted by molar-refractivity contribution is 0.0944. The normalized spacial score (nSPS) is 11.0. The maximum absolute atomic E-state index is 12.5. The minimum atomic E-state index is -0.136. The Hall–Kier alpha value is -3.23. The zero-order chi connectivity index (χ0) is 21.6. The molecule has 2 heterocycles. The van der Waals surface area contributed by atoms with E-state index in [1.54, 1.807) is 25.3 Å². The molecule has 1 N–H and O–H groups in total. The molecule has 0 atom stereocenters. The number of hydrogen-bond acceptors (Lipinski definition) is 7. The van der Waals surface area contributed by atoms with Gasteiger partial charge in [-0.1, -0.05) is 5.16 Å². The standard InChI is InChI=1S/C23H23N3O4S/c1-3-29-12-4-11-24-22(27)16-7-10-20-18(13-16)21(26-30-20)19-14-31-23(25-19)15-5-8-17(28-2)9-6-15/h5-10,13-14H,3-4,11-12H2,1-2H3,(H,24,27). The van der Waals surface area contributed by atoms with E-state index in [1.807, 2.05) is 36.6 Å². The van der Waals surface area contributed by atoms with Crippen LogP contribution in [0.2, 0.25) is 0 Å². The first-order chi connectivity index (χ1) is 15.2. The average molecular weight is 438 g/mol. The minimum Gasteiger partial charge on any atom is -0.497 e. The number of nitrogens with zero attached hydrogens (tertiary/aromatic N) is 2. The maximum atomic E-state index is 12.5. The molecule has 2 aromatic carbocycles. The number of thiazole rings is 1. The van der Waals surface area contributed by atoms with E-state index in [-0.39, 0.29) is 5.91 Å². The molecule has 0 aliphatic rings. The van der Waals surface area contributed by atoms with Gasteiger partial charge in [-0.05, 0) is 55.8 Å². The van der Waals surface area contributed by atoms with Gasteiger partial charge in [-0.2, -0.15) is 0 Å². The number of ether oxygens (including phenoxy) is 2. The zero-order valence-corrected chi connectivity index (χ0v) is 18.2. The van der Waals surface area contributed by atoms with Crippen molar-refractivity contribution in [1.82, 2.24) is 15.5 Å². The smallest absolute Gasteiger partial charge is 0.251 e. The number of benzene rings is 2. The fourth-order valence-corrected chi connectivity index (χ4v) is 3.95. The summed E-state index contributed by atoms with van der Waals surface area (Å²) in [6.45, 7) is 3.82. The van der Waals surface area contributed by atoms with Crippen molar-refractivity contribution in [2.45, 2.75) is 13.3 Å². The van der Waals surface area contributed by atoms with E-state index in [9.17, 15) is 4.79 Å². The molecule has 0 bridgehead atoms.